The van der Waals surface area contributed by atoms with Crippen LogP contribution in [0, 0.1) is 0 Å². The number of fused-ring (bicyclic) bond motifs is 1. The summed E-state index contributed by atoms with van der Waals surface area (Å²) in [5, 5.41) is 9.93. The van der Waals surface area contributed by atoms with Gasteiger partial charge in [-0.2, -0.15) is 0 Å². The predicted octanol–water partition coefficient (Wildman–Crippen LogP) is 3.52. The van der Waals surface area contributed by atoms with Gasteiger partial charge in [0.2, 0.25) is 0 Å². The van der Waals surface area contributed by atoms with Crippen molar-refractivity contribution in [1.29, 1.82) is 0 Å². The molecule has 0 bridgehead atoms. The molecule has 1 aromatic heterocycles. The maximum atomic E-state index is 10.8. The first-order valence-corrected chi connectivity index (χ1v) is 7.90. The highest BCUT2D eigenvalue weighted by Gasteiger charge is 2.25. The summed E-state index contributed by atoms with van der Waals surface area (Å²) in [7, 11) is 0. The van der Waals surface area contributed by atoms with Gasteiger partial charge >= 0.3 is 5.97 Å². The summed E-state index contributed by atoms with van der Waals surface area (Å²) >= 11 is 1.71. The van der Waals surface area contributed by atoms with E-state index in [4.69, 9.17) is 10.1 Å². The molecule has 1 N–H and O–H groups in total. The highest BCUT2D eigenvalue weighted by molar-refractivity contribution is 7.22. The molecule has 1 aliphatic rings. The number of aromatic nitrogens is 1. The van der Waals surface area contributed by atoms with Crippen molar-refractivity contribution in [3.63, 3.8) is 0 Å². The number of hydrogen-bond acceptors (Lipinski definition) is 4. The number of thiazole rings is 1. The third-order valence-corrected chi connectivity index (χ3v) is 4.92. The van der Waals surface area contributed by atoms with Crippen molar-refractivity contribution in [2.24, 2.45) is 0 Å². The molecule has 1 aliphatic heterocycles. The Labute approximate surface area is 122 Å². The minimum Gasteiger partial charge on any atom is -0.481 e. The Hall–Kier alpha value is -1.62. The Balaban J connectivity index is 1.83. The number of benzene rings is 1. The molecule has 0 aliphatic carbocycles. The monoisotopic (exact) mass is 290 g/mol. The van der Waals surface area contributed by atoms with Crippen molar-refractivity contribution in [1.82, 2.24) is 4.98 Å². The van der Waals surface area contributed by atoms with Crippen molar-refractivity contribution >= 4 is 32.7 Å². The molecular formula is C15H18N2O2S. The summed E-state index contributed by atoms with van der Waals surface area (Å²) < 4.78 is 1.20. The van der Waals surface area contributed by atoms with Crippen LogP contribution in [-0.4, -0.2) is 28.6 Å². The van der Waals surface area contributed by atoms with Crippen LogP contribution in [0.5, 0.6) is 0 Å². The minimum atomic E-state index is -0.708. The molecule has 0 amide bonds. The number of para-hydroxylation sites is 1. The number of carboxylic acids is 1. The Morgan fingerprint density at radius 2 is 2.25 bits per heavy atom. The van der Waals surface area contributed by atoms with Crippen molar-refractivity contribution in [3.8, 4) is 0 Å². The van der Waals surface area contributed by atoms with Gasteiger partial charge in [0.25, 0.3) is 0 Å². The van der Waals surface area contributed by atoms with E-state index in [9.17, 15) is 4.79 Å². The number of nitrogens with zero attached hydrogens (tertiary/aromatic N) is 2. The lowest BCUT2D eigenvalue weighted by atomic mass is 9.98. The second kappa shape index (κ2) is 5.79. The van der Waals surface area contributed by atoms with Crippen molar-refractivity contribution in [3.05, 3.63) is 24.3 Å². The molecule has 0 radical (unpaired) electrons. The highest BCUT2D eigenvalue weighted by atomic mass is 32.1. The first-order valence-electron chi connectivity index (χ1n) is 7.08. The lowest BCUT2D eigenvalue weighted by Gasteiger charge is -2.35. The number of rotatable bonds is 4. The predicted molar refractivity (Wildman–Crippen MR) is 81.5 cm³/mol. The van der Waals surface area contributed by atoms with Crippen LogP contribution in [0.25, 0.3) is 10.2 Å². The number of hydrogen-bond donors (Lipinski definition) is 1. The molecule has 2 heterocycles. The van der Waals surface area contributed by atoms with E-state index >= 15 is 0 Å². The van der Waals surface area contributed by atoms with Gasteiger partial charge in [0, 0.05) is 19.0 Å². The normalized spacial score (nSPS) is 19.4. The zero-order chi connectivity index (χ0) is 13.9. The molecular weight excluding hydrogens is 272 g/mol. The average molecular weight is 290 g/mol. The van der Waals surface area contributed by atoms with Crippen LogP contribution in [0.3, 0.4) is 0 Å². The van der Waals surface area contributed by atoms with E-state index in [1.165, 1.54) is 17.5 Å². The fraction of sp³-hybridized carbons (Fsp3) is 0.467. The summed E-state index contributed by atoms with van der Waals surface area (Å²) in [5.74, 6) is -0.708. The van der Waals surface area contributed by atoms with Gasteiger partial charge in [-0.1, -0.05) is 23.5 Å². The Kier molecular flexibility index (Phi) is 3.87. The maximum Gasteiger partial charge on any atom is 0.303 e. The molecule has 106 valence electrons. The summed E-state index contributed by atoms with van der Waals surface area (Å²) in [6, 6.07) is 8.48. The van der Waals surface area contributed by atoms with E-state index in [1.54, 1.807) is 11.3 Å². The zero-order valence-corrected chi connectivity index (χ0v) is 12.1. The van der Waals surface area contributed by atoms with Crippen LogP contribution in [0.4, 0.5) is 5.13 Å². The molecule has 1 aromatic carbocycles. The van der Waals surface area contributed by atoms with Crippen LogP contribution in [0.1, 0.15) is 32.1 Å². The van der Waals surface area contributed by atoms with Crippen molar-refractivity contribution < 1.29 is 9.90 Å². The molecule has 1 fully saturated rings. The summed E-state index contributed by atoms with van der Waals surface area (Å²) in [6.07, 6.45) is 4.38. The summed E-state index contributed by atoms with van der Waals surface area (Å²) in [6.45, 7) is 0.990. The van der Waals surface area contributed by atoms with E-state index in [0.717, 1.165) is 23.6 Å². The van der Waals surface area contributed by atoms with Gasteiger partial charge in [0.05, 0.1) is 10.2 Å². The van der Waals surface area contributed by atoms with Gasteiger partial charge in [-0.15, -0.1) is 0 Å². The van der Waals surface area contributed by atoms with E-state index in [2.05, 4.69) is 11.0 Å². The van der Waals surface area contributed by atoms with Gasteiger partial charge in [-0.05, 0) is 37.8 Å². The second-order valence-electron chi connectivity index (χ2n) is 5.24. The summed E-state index contributed by atoms with van der Waals surface area (Å²) in [5.41, 5.74) is 1.04. The third-order valence-electron chi connectivity index (χ3n) is 3.85. The molecule has 0 saturated carbocycles. The fourth-order valence-electron chi connectivity index (χ4n) is 2.83. The highest BCUT2D eigenvalue weighted by Crippen LogP contribution is 2.33. The van der Waals surface area contributed by atoms with Crippen LogP contribution in [0.15, 0.2) is 24.3 Å². The first-order chi connectivity index (χ1) is 9.74. The SMILES string of the molecule is O=C(O)CCC1CCCCN1c1nc2ccccc2s1. The molecule has 1 unspecified atom stereocenters. The Morgan fingerprint density at radius 1 is 1.40 bits per heavy atom. The molecule has 3 rings (SSSR count). The van der Waals surface area contributed by atoms with Gasteiger partial charge in [-0.3, -0.25) is 4.79 Å². The van der Waals surface area contributed by atoms with Gasteiger partial charge < -0.3 is 10.0 Å². The van der Waals surface area contributed by atoms with Crippen LogP contribution >= 0.6 is 11.3 Å². The first kappa shape index (κ1) is 13.4. The van der Waals surface area contributed by atoms with E-state index in [1.807, 2.05) is 18.2 Å². The Bertz CT molecular complexity index is 578. The van der Waals surface area contributed by atoms with Crippen LogP contribution in [0.2, 0.25) is 0 Å². The molecule has 5 heteroatoms. The van der Waals surface area contributed by atoms with Crippen molar-refractivity contribution in [2.75, 3.05) is 11.4 Å². The minimum absolute atomic E-state index is 0.242. The van der Waals surface area contributed by atoms with Crippen molar-refractivity contribution in [2.45, 2.75) is 38.1 Å². The lowest BCUT2D eigenvalue weighted by Crippen LogP contribution is -2.39. The van der Waals surface area contributed by atoms with E-state index < -0.39 is 5.97 Å². The molecule has 1 saturated heterocycles. The number of carboxylic acid groups (broad SMARTS) is 1. The zero-order valence-electron chi connectivity index (χ0n) is 11.3. The topological polar surface area (TPSA) is 53.4 Å². The quantitative estimate of drug-likeness (QED) is 0.936. The molecule has 20 heavy (non-hydrogen) atoms. The Morgan fingerprint density at radius 3 is 3.05 bits per heavy atom. The largest absolute Gasteiger partial charge is 0.481 e. The van der Waals surface area contributed by atoms with Gasteiger partial charge in [0.15, 0.2) is 5.13 Å². The fourth-order valence-corrected chi connectivity index (χ4v) is 3.89. The second-order valence-corrected chi connectivity index (χ2v) is 6.25. The lowest BCUT2D eigenvalue weighted by molar-refractivity contribution is -0.137. The summed E-state index contributed by atoms with van der Waals surface area (Å²) in [4.78, 5) is 17.8. The smallest absolute Gasteiger partial charge is 0.303 e. The molecule has 4 nitrogen and oxygen atoms in total. The number of carbonyl (C=O) groups is 1. The number of aliphatic carboxylic acids is 1. The molecule has 0 spiro atoms. The van der Waals surface area contributed by atoms with Crippen LogP contribution < -0.4 is 4.90 Å². The van der Waals surface area contributed by atoms with Gasteiger partial charge in [0.1, 0.15) is 0 Å². The number of piperidine rings is 1. The standard InChI is InChI=1S/C15H18N2O2S/c18-14(19)9-8-11-5-3-4-10-17(11)15-16-12-6-1-2-7-13(12)20-15/h1-2,6-7,11H,3-5,8-10H2,(H,18,19). The molecule has 1 atom stereocenters. The third kappa shape index (κ3) is 2.77. The van der Waals surface area contributed by atoms with Gasteiger partial charge in [-0.25, -0.2) is 4.98 Å². The van der Waals surface area contributed by atoms with Crippen LogP contribution in [-0.2, 0) is 4.79 Å². The van der Waals surface area contributed by atoms with E-state index in [-0.39, 0.29) is 6.42 Å². The molecule has 2 aromatic rings. The average Bonchev–Trinajstić information content (AvgIpc) is 2.89. The van der Waals surface area contributed by atoms with E-state index in [0.29, 0.717) is 12.5 Å². The number of anilines is 1. The maximum absolute atomic E-state index is 10.8.